The summed E-state index contributed by atoms with van der Waals surface area (Å²) in [6.45, 7) is 1.33. The molecule has 0 spiro atoms. The van der Waals surface area contributed by atoms with Gasteiger partial charge in [0, 0.05) is 42.5 Å². The molecule has 1 amide bonds. The van der Waals surface area contributed by atoms with E-state index >= 15 is 0 Å². The number of piperidine rings is 1. The number of nitrogens with zero attached hydrogens (tertiary/aromatic N) is 3. The van der Waals surface area contributed by atoms with Gasteiger partial charge in [-0.25, -0.2) is 12.7 Å². The number of hydrogen-bond acceptors (Lipinski definition) is 5. The molecule has 0 atom stereocenters. The molecule has 1 aromatic heterocycles. The maximum atomic E-state index is 13.2. The first-order chi connectivity index (χ1) is 15.1. The van der Waals surface area contributed by atoms with Crippen molar-refractivity contribution >= 4 is 51.4 Å². The number of aromatic nitrogens is 2. The van der Waals surface area contributed by atoms with Crippen LogP contribution in [0, 0.1) is 4.77 Å². The van der Waals surface area contributed by atoms with Crippen LogP contribution in [-0.2, 0) is 23.0 Å². The van der Waals surface area contributed by atoms with Crippen LogP contribution in [0.2, 0.25) is 10.0 Å². The van der Waals surface area contributed by atoms with Crippen LogP contribution in [0.4, 0.5) is 0 Å². The Hall–Kier alpha value is -1.72. The first kappa shape index (κ1) is 23.4. The van der Waals surface area contributed by atoms with Crippen molar-refractivity contribution in [3.05, 3.63) is 60.2 Å². The average Bonchev–Trinajstić information content (AvgIpc) is 2.74. The minimum atomic E-state index is -3.25. The monoisotopic (exact) mass is 516 g/mol. The number of fused-ring (bicyclic) bond motifs is 1. The van der Waals surface area contributed by atoms with E-state index in [0.29, 0.717) is 65.8 Å². The van der Waals surface area contributed by atoms with Gasteiger partial charge in [-0.15, -0.1) is 0 Å². The topological polar surface area (TPSA) is 95.5 Å². The maximum Gasteiger partial charge on any atom is 0.258 e. The van der Waals surface area contributed by atoms with Crippen molar-refractivity contribution in [1.82, 2.24) is 18.8 Å². The SMILES string of the molecule is CS(=O)(=O)N1CCC(n2c(=S)[nH]c3c(c2=O)CCN(C(=O)c2ccc(Cl)c(Cl)c2)C3)CC1. The van der Waals surface area contributed by atoms with Gasteiger partial charge in [0.05, 0.1) is 22.8 Å². The van der Waals surface area contributed by atoms with Crippen LogP contribution in [0.5, 0.6) is 0 Å². The number of sulfonamides is 1. The minimum absolute atomic E-state index is 0.162. The molecular formula is C20H22Cl2N4O4S2. The Bertz CT molecular complexity index is 1300. The fraction of sp³-hybridized carbons (Fsp3) is 0.450. The number of aromatic amines is 1. The number of carbonyl (C=O) groups excluding carboxylic acids is 1. The summed E-state index contributed by atoms with van der Waals surface area (Å²) in [5.41, 5.74) is 1.50. The molecule has 1 saturated heterocycles. The minimum Gasteiger partial charge on any atom is -0.334 e. The summed E-state index contributed by atoms with van der Waals surface area (Å²) in [6.07, 6.45) is 2.63. The molecular weight excluding hydrogens is 495 g/mol. The van der Waals surface area contributed by atoms with Gasteiger partial charge in [0.1, 0.15) is 0 Å². The maximum absolute atomic E-state index is 13.2. The zero-order valence-electron chi connectivity index (χ0n) is 17.3. The standard InChI is InChI=1S/C20H22Cl2N4O4S2/c1-32(29,30)25-8-4-13(5-9-25)26-19(28)14-6-7-24(11-17(14)23-20(26)31)18(27)12-2-3-15(21)16(22)10-12/h2-3,10,13H,4-9,11H2,1H3,(H,23,31). The highest BCUT2D eigenvalue weighted by atomic mass is 35.5. The second kappa shape index (κ2) is 8.90. The van der Waals surface area contributed by atoms with Crippen LogP contribution in [-0.4, -0.2) is 59.0 Å². The van der Waals surface area contributed by atoms with E-state index in [0.717, 1.165) is 0 Å². The van der Waals surface area contributed by atoms with Crippen LogP contribution in [0.3, 0.4) is 0 Å². The van der Waals surface area contributed by atoms with Gasteiger partial charge in [-0.05, 0) is 49.7 Å². The average molecular weight is 517 g/mol. The van der Waals surface area contributed by atoms with E-state index in [1.54, 1.807) is 21.6 Å². The van der Waals surface area contributed by atoms with Crippen molar-refractivity contribution in [2.45, 2.75) is 31.8 Å². The highest BCUT2D eigenvalue weighted by Crippen LogP contribution is 2.26. The quantitative estimate of drug-likeness (QED) is 0.632. The molecule has 2 aliphatic heterocycles. The molecule has 0 saturated carbocycles. The number of halogens is 2. The predicted molar refractivity (Wildman–Crippen MR) is 125 cm³/mol. The van der Waals surface area contributed by atoms with Crippen LogP contribution in [0.25, 0.3) is 0 Å². The normalized spacial score (nSPS) is 17.9. The molecule has 1 fully saturated rings. The van der Waals surface area contributed by atoms with Gasteiger partial charge in [0.25, 0.3) is 11.5 Å². The van der Waals surface area contributed by atoms with Crippen molar-refractivity contribution in [1.29, 1.82) is 0 Å². The molecule has 32 heavy (non-hydrogen) atoms. The van der Waals surface area contributed by atoms with Crippen LogP contribution < -0.4 is 5.56 Å². The Balaban J connectivity index is 1.56. The van der Waals surface area contributed by atoms with Gasteiger partial charge < -0.3 is 9.88 Å². The summed E-state index contributed by atoms with van der Waals surface area (Å²) in [7, 11) is -3.25. The molecule has 12 heteroatoms. The largest absolute Gasteiger partial charge is 0.334 e. The summed E-state index contributed by atoms with van der Waals surface area (Å²) in [4.78, 5) is 30.9. The second-order valence-electron chi connectivity index (χ2n) is 8.06. The van der Waals surface area contributed by atoms with Gasteiger partial charge >= 0.3 is 0 Å². The third kappa shape index (κ3) is 4.51. The molecule has 2 aromatic rings. The summed E-state index contributed by atoms with van der Waals surface area (Å²) < 4.78 is 26.8. The van der Waals surface area contributed by atoms with Crippen molar-refractivity contribution in [2.24, 2.45) is 0 Å². The number of benzene rings is 1. The lowest BCUT2D eigenvalue weighted by Gasteiger charge is -2.33. The third-order valence-corrected chi connectivity index (χ3v) is 8.35. The van der Waals surface area contributed by atoms with Crippen LogP contribution in [0.15, 0.2) is 23.0 Å². The zero-order valence-corrected chi connectivity index (χ0v) is 20.5. The van der Waals surface area contributed by atoms with Crippen LogP contribution in [0.1, 0.15) is 40.5 Å². The predicted octanol–water partition coefficient (Wildman–Crippen LogP) is 3.01. The molecule has 2 aliphatic rings. The third-order valence-electron chi connectivity index (χ3n) is 6.01. The lowest BCUT2D eigenvalue weighted by Crippen LogP contribution is -2.44. The fourth-order valence-electron chi connectivity index (χ4n) is 4.29. The summed E-state index contributed by atoms with van der Waals surface area (Å²) in [6, 6.07) is 4.57. The number of carbonyl (C=O) groups is 1. The molecule has 0 radical (unpaired) electrons. The summed E-state index contributed by atoms with van der Waals surface area (Å²) in [5.74, 6) is -0.203. The lowest BCUT2D eigenvalue weighted by atomic mass is 10.0. The van der Waals surface area contributed by atoms with Gasteiger partial charge in [0.2, 0.25) is 10.0 Å². The number of H-pyrrole nitrogens is 1. The molecule has 172 valence electrons. The van der Waals surface area contributed by atoms with Gasteiger partial charge in [-0.1, -0.05) is 23.2 Å². The van der Waals surface area contributed by atoms with E-state index in [1.807, 2.05) is 0 Å². The molecule has 3 heterocycles. The number of nitrogens with one attached hydrogen (secondary N) is 1. The molecule has 1 aromatic carbocycles. The Kier molecular flexibility index (Phi) is 6.52. The molecule has 1 N–H and O–H groups in total. The Morgan fingerprint density at radius 3 is 2.47 bits per heavy atom. The summed E-state index contributed by atoms with van der Waals surface area (Å²) in [5, 5.41) is 0.679. The first-order valence-corrected chi connectivity index (χ1v) is 13.1. The first-order valence-electron chi connectivity index (χ1n) is 10.1. The van der Waals surface area contributed by atoms with Gasteiger partial charge in [0.15, 0.2) is 4.77 Å². The molecule has 4 rings (SSSR count). The van der Waals surface area contributed by atoms with E-state index in [2.05, 4.69) is 4.98 Å². The molecule has 0 bridgehead atoms. The van der Waals surface area contributed by atoms with Crippen molar-refractivity contribution in [2.75, 3.05) is 25.9 Å². The highest BCUT2D eigenvalue weighted by molar-refractivity contribution is 7.88. The Labute approximate surface area is 200 Å². The Morgan fingerprint density at radius 1 is 1.16 bits per heavy atom. The number of hydrogen-bond donors (Lipinski definition) is 1. The molecule has 0 unspecified atom stereocenters. The smallest absolute Gasteiger partial charge is 0.258 e. The second-order valence-corrected chi connectivity index (χ2v) is 11.2. The molecule has 8 nitrogen and oxygen atoms in total. The van der Waals surface area contributed by atoms with Gasteiger partial charge in [-0.2, -0.15) is 0 Å². The van der Waals surface area contributed by atoms with E-state index < -0.39 is 10.0 Å². The number of rotatable bonds is 3. The fourth-order valence-corrected chi connectivity index (χ4v) is 5.82. The van der Waals surface area contributed by atoms with Gasteiger partial charge in [-0.3, -0.25) is 14.2 Å². The van der Waals surface area contributed by atoms with E-state index in [-0.39, 0.29) is 28.8 Å². The number of amides is 1. The Morgan fingerprint density at radius 2 is 1.84 bits per heavy atom. The lowest BCUT2D eigenvalue weighted by molar-refractivity contribution is 0.0730. The van der Waals surface area contributed by atoms with Crippen LogP contribution >= 0.6 is 35.4 Å². The van der Waals surface area contributed by atoms with Crippen molar-refractivity contribution in [3.63, 3.8) is 0 Å². The summed E-state index contributed by atoms with van der Waals surface area (Å²) >= 11 is 17.5. The van der Waals surface area contributed by atoms with Crippen molar-refractivity contribution < 1.29 is 13.2 Å². The zero-order chi connectivity index (χ0) is 23.2. The van der Waals surface area contributed by atoms with E-state index in [9.17, 15) is 18.0 Å². The van der Waals surface area contributed by atoms with E-state index in [1.165, 1.54) is 16.6 Å². The molecule has 0 aliphatic carbocycles. The highest BCUT2D eigenvalue weighted by Gasteiger charge is 2.30. The van der Waals surface area contributed by atoms with Crippen molar-refractivity contribution in [3.8, 4) is 0 Å². The van der Waals surface area contributed by atoms with E-state index in [4.69, 9.17) is 35.4 Å².